The van der Waals surface area contributed by atoms with Crippen molar-refractivity contribution in [3.05, 3.63) is 23.8 Å². The van der Waals surface area contributed by atoms with Crippen molar-refractivity contribution in [3.63, 3.8) is 0 Å². The predicted molar refractivity (Wildman–Crippen MR) is 78.1 cm³/mol. The van der Waals surface area contributed by atoms with Crippen molar-refractivity contribution in [2.24, 2.45) is 17.8 Å². The molecule has 1 aliphatic heterocycles. The van der Waals surface area contributed by atoms with E-state index in [1.165, 1.54) is 6.42 Å². The van der Waals surface area contributed by atoms with Crippen molar-refractivity contribution in [2.75, 3.05) is 13.2 Å². The number of hydrogen-bond acceptors (Lipinski definition) is 3. The second kappa shape index (κ2) is 5.65. The largest absolute Gasteiger partial charge is 0.486 e. The van der Waals surface area contributed by atoms with E-state index in [-0.39, 0.29) is 6.10 Å². The Hall–Kier alpha value is -1.22. The average molecular weight is 276 g/mol. The van der Waals surface area contributed by atoms with Crippen molar-refractivity contribution in [2.45, 2.75) is 39.2 Å². The molecule has 1 aromatic carbocycles. The number of ether oxygens (including phenoxy) is 2. The molecule has 4 unspecified atom stereocenters. The molecule has 1 aromatic rings. The summed E-state index contributed by atoms with van der Waals surface area (Å²) in [5.74, 6) is 3.39. The van der Waals surface area contributed by atoms with Gasteiger partial charge in [-0.15, -0.1) is 0 Å². The standard InChI is InChI=1S/C17H24O3/c1-11-3-4-13(9-12(11)2)17(18)14-5-6-15-16(10-14)20-8-7-19-15/h5-6,10-13,17-18H,3-4,7-9H2,1-2H3. The quantitative estimate of drug-likeness (QED) is 0.897. The van der Waals surface area contributed by atoms with Crippen molar-refractivity contribution in [3.8, 4) is 11.5 Å². The van der Waals surface area contributed by atoms with Crippen LogP contribution in [-0.4, -0.2) is 18.3 Å². The van der Waals surface area contributed by atoms with Gasteiger partial charge in [0.1, 0.15) is 13.2 Å². The summed E-state index contributed by atoms with van der Waals surface area (Å²) in [6.07, 6.45) is 3.05. The lowest BCUT2D eigenvalue weighted by atomic mass is 9.73. The van der Waals surface area contributed by atoms with Crippen LogP contribution in [0.2, 0.25) is 0 Å². The molecule has 1 heterocycles. The molecule has 0 spiro atoms. The van der Waals surface area contributed by atoms with Gasteiger partial charge in [0.05, 0.1) is 6.10 Å². The third kappa shape index (κ3) is 2.64. The summed E-state index contributed by atoms with van der Waals surface area (Å²) in [5, 5.41) is 10.7. The van der Waals surface area contributed by atoms with Gasteiger partial charge >= 0.3 is 0 Å². The molecule has 4 atom stereocenters. The summed E-state index contributed by atoms with van der Waals surface area (Å²) in [4.78, 5) is 0. The molecule has 1 aliphatic carbocycles. The molecule has 0 aromatic heterocycles. The van der Waals surface area contributed by atoms with E-state index in [1.807, 2.05) is 18.2 Å². The Balaban J connectivity index is 1.75. The van der Waals surface area contributed by atoms with E-state index < -0.39 is 0 Å². The maximum Gasteiger partial charge on any atom is 0.161 e. The minimum Gasteiger partial charge on any atom is -0.486 e. The van der Waals surface area contributed by atoms with E-state index in [2.05, 4.69) is 13.8 Å². The van der Waals surface area contributed by atoms with Gasteiger partial charge in [-0.2, -0.15) is 0 Å². The van der Waals surface area contributed by atoms with Gasteiger partial charge in [-0.1, -0.05) is 26.3 Å². The molecule has 2 aliphatic rings. The Morgan fingerprint density at radius 3 is 2.55 bits per heavy atom. The van der Waals surface area contributed by atoms with Gasteiger partial charge in [-0.3, -0.25) is 0 Å². The first-order valence-electron chi connectivity index (χ1n) is 7.72. The number of aliphatic hydroxyl groups excluding tert-OH is 1. The average Bonchev–Trinajstić information content (AvgIpc) is 2.49. The van der Waals surface area contributed by atoms with E-state index in [4.69, 9.17) is 9.47 Å². The SMILES string of the molecule is CC1CCC(C(O)c2ccc3c(c2)OCCO3)CC1C. The molecule has 0 radical (unpaired) electrons. The Morgan fingerprint density at radius 2 is 1.80 bits per heavy atom. The third-order valence-corrected chi connectivity index (χ3v) is 4.99. The van der Waals surface area contributed by atoms with Crippen LogP contribution in [0, 0.1) is 17.8 Å². The highest BCUT2D eigenvalue weighted by atomic mass is 16.6. The molecular formula is C17H24O3. The van der Waals surface area contributed by atoms with E-state index in [1.54, 1.807) is 0 Å². The zero-order valence-electron chi connectivity index (χ0n) is 12.3. The Kier molecular flexibility index (Phi) is 3.88. The van der Waals surface area contributed by atoms with Crippen LogP contribution in [0.25, 0.3) is 0 Å². The first kappa shape index (κ1) is 13.7. The van der Waals surface area contributed by atoms with Crippen molar-refractivity contribution >= 4 is 0 Å². The lowest BCUT2D eigenvalue weighted by Gasteiger charge is -2.35. The van der Waals surface area contributed by atoms with Crippen LogP contribution in [0.15, 0.2) is 18.2 Å². The molecular weight excluding hydrogens is 252 g/mol. The molecule has 3 heteroatoms. The predicted octanol–water partition coefficient (Wildman–Crippen LogP) is 3.56. The molecule has 1 saturated carbocycles. The number of benzene rings is 1. The molecule has 0 amide bonds. The summed E-state index contributed by atoms with van der Waals surface area (Å²) in [6, 6.07) is 5.84. The van der Waals surface area contributed by atoms with Crippen molar-refractivity contribution < 1.29 is 14.6 Å². The fourth-order valence-electron chi connectivity index (χ4n) is 3.39. The van der Waals surface area contributed by atoms with Crippen LogP contribution in [0.5, 0.6) is 11.5 Å². The molecule has 3 rings (SSSR count). The molecule has 1 fully saturated rings. The molecule has 0 saturated heterocycles. The zero-order valence-corrected chi connectivity index (χ0v) is 12.3. The lowest BCUT2D eigenvalue weighted by molar-refractivity contribution is 0.0556. The minimum atomic E-state index is -0.388. The molecule has 1 N–H and O–H groups in total. The fraction of sp³-hybridized carbons (Fsp3) is 0.647. The van der Waals surface area contributed by atoms with Crippen molar-refractivity contribution in [1.29, 1.82) is 0 Å². The normalized spacial score (nSPS) is 30.9. The fourth-order valence-corrected chi connectivity index (χ4v) is 3.39. The molecule has 20 heavy (non-hydrogen) atoms. The summed E-state index contributed by atoms with van der Waals surface area (Å²) < 4.78 is 11.1. The first-order valence-corrected chi connectivity index (χ1v) is 7.72. The van der Waals surface area contributed by atoms with E-state index in [9.17, 15) is 5.11 Å². The van der Waals surface area contributed by atoms with Crippen LogP contribution in [-0.2, 0) is 0 Å². The number of hydrogen-bond donors (Lipinski definition) is 1. The summed E-state index contributed by atoms with van der Waals surface area (Å²) >= 11 is 0. The molecule has 0 bridgehead atoms. The maximum atomic E-state index is 10.7. The van der Waals surface area contributed by atoms with Gasteiger partial charge in [-0.05, 0) is 48.3 Å². The van der Waals surface area contributed by atoms with Gasteiger partial charge in [0.2, 0.25) is 0 Å². The second-order valence-corrected chi connectivity index (χ2v) is 6.38. The highest BCUT2D eigenvalue weighted by molar-refractivity contribution is 5.44. The van der Waals surface area contributed by atoms with E-state index >= 15 is 0 Å². The first-order chi connectivity index (χ1) is 9.65. The molecule has 110 valence electrons. The van der Waals surface area contributed by atoms with Crippen LogP contribution < -0.4 is 9.47 Å². The Bertz CT molecular complexity index is 471. The summed E-state index contributed by atoms with van der Waals surface area (Å²) in [5.41, 5.74) is 0.959. The number of fused-ring (bicyclic) bond motifs is 1. The van der Waals surface area contributed by atoms with Crippen LogP contribution in [0.3, 0.4) is 0 Å². The maximum absolute atomic E-state index is 10.7. The van der Waals surface area contributed by atoms with Gasteiger partial charge in [0.15, 0.2) is 11.5 Å². The van der Waals surface area contributed by atoms with Crippen molar-refractivity contribution in [1.82, 2.24) is 0 Å². The Morgan fingerprint density at radius 1 is 1.05 bits per heavy atom. The highest BCUT2D eigenvalue weighted by Crippen LogP contribution is 2.41. The van der Waals surface area contributed by atoms with Gasteiger partial charge < -0.3 is 14.6 Å². The Labute approximate surface area is 120 Å². The van der Waals surface area contributed by atoms with E-state index in [0.717, 1.165) is 35.8 Å². The second-order valence-electron chi connectivity index (χ2n) is 6.38. The van der Waals surface area contributed by atoms with Gasteiger partial charge in [0, 0.05) is 0 Å². The lowest BCUT2D eigenvalue weighted by Crippen LogP contribution is -2.25. The van der Waals surface area contributed by atoms with Crippen LogP contribution in [0.4, 0.5) is 0 Å². The van der Waals surface area contributed by atoms with Crippen LogP contribution in [0.1, 0.15) is 44.8 Å². The number of aliphatic hydroxyl groups is 1. The zero-order chi connectivity index (χ0) is 14.1. The summed E-state index contributed by atoms with van der Waals surface area (Å²) in [6.45, 7) is 5.81. The summed E-state index contributed by atoms with van der Waals surface area (Å²) in [7, 11) is 0. The third-order valence-electron chi connectivity index (χ3n) is 4.99. The number of rotatable bonds is 2. The van der Waals surface area contributed by atoms with Gasteiger partial charge in [-0.25, -0.2) is 0 Å². The van der Waals surface area contributed by atoms with E-state index in [0.29, 0.717) is 25.0 Å². The highest BCUT2D eigenvalue weighted by Gasteiger charge is 2.30. The smallest absolute Gasteiger partial charge is 0.161 e. The van der Waals surface area contributed by atoms with Crippen LogP contribution >= 0.6 is 0 Å². The topological polar surface area (TPSA) is 38.7 Å². The molecule has 3 nitrogen and oxygen atoms in total. The monoisotopic (exact) mass is 276 g/mol. The van der Waals surface area contributed by atoms with Gasteiger partial charge in [0.25, 0.3) is 0 Å². The minimum absolute atomic E-state index is 0.365.